The predicted molar refractivity (Wildman–Crippen MR) is 133 cm³/mol. The number of anilines is 1. The topological polar surface area (TPSA) is 108 Å². The molecular weight excluding hydrogens is 483 g/mol. The third-order valence-electron chi connectivity index (χ3n) is 6.19. The van der Waals surface area contributed by atoms with Gasteiger partial charge in [0.25, 0.3) is 5.91 Å². The van der Waals surface area contributed by atoms with Crippen molar-refractivity contribution in [3.63, 3.8) is 0 Å². The number of carbonyl (C=O) groups excluding carboxylic acids is 2. The Balaban J connectivity index is 1.45. The summed E-state index contributed by atoms with van der Waals surface area (Å²) in [4.78, 5) is 30.1. The van der Waals surface area contributed by atoms with Gasteiger partial charge in [-0.05, 0) is 61.4 Å². The highest BCUT2D eigenvalue weighted by Crippen LogP contribution is 2.26. The molecule has 4 rings (SSSR count). The number of carbonyl (C=O) groups is 2. The number of aromatic nitrogens is 1. The van der Waals surface area contributed by atoms with Crippen molar-refractivity contribution in [2.24, 2.45) is 0 Å². The van der Waals surface area contributed by atoms with Crippen molar-refractivity contribution >= 4 is 27.3 Å². The van der Waals surface area contributed by atoms with Gasteiger partial charge in [-0.1, -0.05) is 12.1 Å². The molecule has 0 radical (unpaired) electrons. The van der Waals surface area contributed by atoms with E-state index < -0.39 is 26.6 Å². The number of nitrogens with one attached hydrogen (secondary N) is 2. The number of fused-ring (bicyclic) bond motifs is 1. The minimum Gasteiger partial charge on any atom is -0.373 e. The predicted octanol–water partition coefficient (Wildman–Crippen LogP) is 3.19. The molecule has 0 fully saturated rings. The number of halogens is 1. The Morgan fingerprint density at radius 1 is 1.11 bits per heavy atom. The molecule has 2 aromatic carbocycles. The molecule has 1 unspecified atom stereocenters. The van der Waals surface area contributed by atoms with Crippen LogP contribution in [0.3, 0.4) is 0 Å². The van der Waals surface area contributed by atoms with Crippen LogP contribution in [0.2, 0.25) is 0 Å². The van der Waals surface area contributed by atoms with Crippen LogP contribution in [0.15, 0.2) is 70.7 Å². The first-order valence-electron chi connectivity index (χ1n) is 11.6. The largest absolute Gasteiger partial charge is 0.373 e. The summed E-state index contributed by atoms with van der Waals surface area (Å²) in [5.41, 5.74) is 2.65. The lowest BCUT2D eigenvalue weighted by Gasteiger charge is -2.19. The van der Waals surface area contributed by atoms with Gasteiger partial charge in [0.1, 0.15) is 16.8 Å². The number of hydrogen-bond donors (Lipinski definition) is 2. The van der Waals surface area contributed by atoms with E-state index in [2.05, 4.69) is 15.6 Å². The molecule has 0 saturated carbocycles. The van der Waals surface area contributed by atoms with Gasteiger partial charge in [-0.25, -0.2) is 12.8 Å². The van der Waals surface area contributed by atoms with Gasteiger partial charge >= 0.3 is 0 Å². The number of rotatable bonds is 8. The standard InChI is InChI=1S/C26H27FN4O4S/c1-3-31(4-2)26(33)18-7-10-21(27)24(14-18)36(34,35)20-8-5-17(6-9-20)15-29-25(32)23-13-19-16-28-12-11-22(19)30-23/h5-12,14,16,23,30H,3-4,13,15H2,1-2H3,(H,29,32). The highest BCUT2D eigenvalue weighted by atomic mass is 32.2. The van der Waals surface area contributed by atoms with Crippen LogP contribution in [0.25, 0.3) is 0 Å². The number of nitrogens with zero attached hydrogens (tertiary/aromatic N) is 2. The Morgan fingerprint density at radius 3 is 2.50 bits per heavy atom. The molecule has 2 N–H and O–H groups in total. The highest BCUT2D eigenvalue weighted by Gasteiger charge is 2.27. The van der Waals surface area contributed by atoms with Crippen LogP contribution in [0.5, 0.6) is 0 Å². The second-order valence-corrected chi connectivity index (χ2v) is 10.3. The van der Waals surface area contributed by atoms with E-state index in [1.165, 1.54) is 23.1 Å². The van der Waals surface area contributed by atoms with E-state index in [4.69, 9.17) is 0 Å². The number of hydrogen-bond acceptors (Lipinski definition) is 6. The van der Waals surface area contributed by atoms with Crippen molar-refractivity contribution < 1.29 is 22.4 Å². The maximum absolute atomic E-state index is 14.6. The summed E-state index contributed by atoms with van der Waals surface area (Å²) >= 11 is 0. The van der Waals surface area contributed by atoms with Gasteiger partial charge in [-0.2, -0.15) is 0 Å². The molecule has 3 aromatic rings. The van der Waals surface area contributed by atoms with Gasteiger partial charge in [0, 0.05) is 49.7 Å². The van der Waals surface area contributed by atoms with Crippen molar-refractivity contribution in [1.82, 2.24) is 15.2 Å². The lowest BCUT2D eigenvalue weighted by Crippen LogP contribution is -2.38. The second kappa shape index (κ2) is 10.4. The maximum atomic E-state index is 14.6. The van der Waals surface area contributed by atoms with Crippen molar-refractivity contribution in [2.75, 3.05) is 18.4 Å². The molecular formula is C26H27FN4O4S. The Morgan fingerprint density at radius 2 is 1.83 bits per heavy atom. The minimum atomic E-state index is -4.21. The van der Waals surface area contributed by atoms with E-state index in [0.29, 0.717) is 25.1 Å². The second-order valence-electron chi connectivity index (χ2n) is 8.42. The van der Waals surface area contributed by atoms with E-state index in [1.807, 2.05) is 19.9 Å². The van der Waals surface area contributed by atoms with Crippen LogP contribution in [0, 0.1) is 5.82 Å². The molecule has 1 aromatic heterocycles. The fourth-order valence-electron chi connectivity index (χ4n) is 4.11. The number of benzene rings is 2. The molecule has 2 heterocycles. The zero-order valence-corrected chi connectivity index (χ0v) is 20.8. The van der Waals surface area contributed by atoms with Crippen LogP contribution in [0.4, 0.5) is 10.1 Å². The minimum absolute atomic E-state index is 0.107. The summed E-state index contributed by atoms with van der Waals surface area (Å²) < 4.78 is 40.9. The van der Waals surface area contributed by atoms with E-state index in [-0.39, 0.29) is 28.8 Å². The SMILES string of the molecule is CCN(CC)C(=O)c1ccc(F)c(S(=O)(=O)c2ccc(CNC(=O)C3Cc4cnccc4N3)cc2)c1. The molecule has 1 aliphatic rings. The van der Waals surface area contributed by atoms with Crippen LogP contribution in [-0.2, 0) is 27.6 Å². The van der Waals surface area contributed by atoms with Crippen LogP contribution in [0.1, 0.15) is 35.3 Å². The Kier molecular flexibility index (Phi) is 7.35. The van der Waals surface area contributed by atoms with E-state index in [9.17, 15) is 22.4 Å². The maximum Gasteiger partial charge on any atom is 0.253 e. The monoisotopic (exact) mass is 510 g/mol. The fraction of sp³-hybridized carbons (Fsp3) is 0.269. The third kappa shape index (κ3) is 5.08. The van der Waals surface area contributed by atoms with Crippen LogP contribution < -0.4 is 10.6 Å². The lowest BCUT2D eigenvalue weighted by atomic mass is 10.1. The summed E-state index contributed by atoms with van der Waals surface area (Å²) in [5, 5.41) is 6.00. The number of pyridine rings is 1. The average Bonchev–Trinajstić information content (AvgIpc) is 3.33. The third-order valence-corrected chi connectivity index (χ3v) is 7.98. The number of sulfone groups is 1. The zero-order valence-electron chi connectivity index (χ0n) is 20.0. The van der Waals surface area contributed by atoms with Gasteiger partial charge in [0.2, 0.25) is 15.7 Å². The highest BCUT2D eigenvalue weighted by molar-refractivity contribution is 7.91. The first kappa shape index (κ1) is 25.3. The Bertz CT molecular complexity index is 1360. The van der Waals surface area contributed by atoms with Crippen molar-refractivity contribution in [3.05, 3.63) is 83.4 Å². The van der Waals surface area contributed by atoms with E-state index in [1.54, 1.807) is 24.5 Å². The van der Waals surface area contributed by atoms with Crippen molar-refractivity contribution in [3.8, 4) is 0 Å². The summed E-state index contributed by atoms with van der Waals surface area (Å²) in [5.74, 6) is -1.47. The lowest BCUT2D eigenvalue weighted by molar-refractivity contribution is -0.121. The Hall–Kier alpha value is -3.79. The molecule has 0 spiro atoms. The first-order chi connectivity index (χ1) is 17.2. The van der Waals surface area contributed by atoms with E-state index in [0.717, 1.165) is 23.4 Å². The molecule has 2 amide bonds. The van der Waals surface area contributed by atoms with Gasteiger partial charge in [0.15, 0.2) is 0 Å². The molecule has 10 heteroatoms. The summed E-state index contributed by atoms with van der Waals surface area (Å²) in [6.07, 6.45) is 3.92. The zero-order chi connectivity index (χ0) is 25.9. The molecule has 8 nitrogen and oxygen atoms in total. The van der Waals surface area contributed by atoms with Crippen molar-refractivity contribution in [2.45, 2.75) is 42.6 Å². The molecule has 188 valence electrons. The Labute approximate surface area is 209 Å². The molecule has 0 aliphatic carbocycles. The quantitative estimate of drug-likeness (QED) is 0.482. The first-order valence-corrected chi connectivity index (χ1v) is 13.1. The molecule has 36 heavy (non-hydrogen) atoms. The van der Waals surface area contributed by atoms with Crippen LogP contribution >= 0.6 is 0 Å². The van der Waals surface area contributed by atoms with Gasteiger partial charge in [0.05, 0.1) is 4.90 Å². The fourth-order valence-corrected chi connectivity index (χ4v) is 5.46. The van der Waals surface area contributed by atoms with E-state index >= 15 is 0 Å². The van der Waals surface area contributed by atoms with Gasteiger partial charge in [-0.15, -0.1) is 0 Å². The normalized spacial score (nSPS) is 14.6. The molecule has 1 aliphatic heterocycles. The van der Waals surface area contributed by atoms with Crippen LogP contribution in [-0.4, -0.2) is 49.2 Å². The molecule has 1 atom stereocenters. The average molecular weight is 511 g/mol. The molecule has 0 saturated heterocycles. The smallest absolute Gasteiger partial charge is 0.253 e. The van der Waals surface area contributed by atoms with Crippen molar-refractivity contribution in [1.29, 1.82) is 0 Å². The summed E-state index contributed by atoms with van der Waals surface area (Å²) in [6.45, 7) is 4.73. The van der Waals surface area contributed by atoms with Gasteiger partial charge < -0.3 is 15.5 Å². The molecule has 0 bridgehead atoms. The summed E-state index contributed by atoms with van der Waals surface area (Å²) in [7, 11) is -4.21. The number of amides is 2. The summed E-state index contributed by atoms with van der Waals surface area (Å²) in [6, 6.07) is 10.6. The van der Waals surface area contributed by atoms with Gasteiger partial charge in [-0.3, -0.25) is 14.6 Å².